The van der Waals surface area contributed by atoms with Crippen molar-refractivity contribution in [2.24, 2.45) is 0 Å². The van der Waals surface area contributed by atoms with Gasteiger partial charge in [-0.1, -0.05) is 211 Å². The minimum atomic E-state index is -0.911. The third kappa shape index (κ3) is 76.0. The largest absolute Gasteiger partial charge is 3.00 e. The Labute approximate surface area is 392 Å². The molecule has 0 rings (SSSR count). The van der Waals surface area contributed by atoms with Crippen LogP contribution in [0.15, 0.2) is 36.5 Å². The van der Waals surface area contributed by atoms with Crippen LogP contribution in [0.2, 0.25) is 0 Å². The van der Waals surface area contributed by atoms with Crippen LogP contribution in [0.1, 0.15) is 290 Å². The first-order valence-electron chi connectivity index (χ1n) is 25.9. The van der Waals surface area contributed by atoms with E-state index in [1.807, 2.05) is 0 Å². The van der Waals surface area contributed by atoms with Gasteiger partial charge in [0.2, 0.25) is 0 Å². The van der Waals surface area contributed by atoms with Crippen molar-refractivity contribution >= 4 is 37.7 Å². The Morgan fingerprint density at radius 1 is 0.262 bits per heavy atom. The summed E-state index contributed by atoms with van der Waals surface area (Å²) in [7, 11) is 0. The normalized spacial score (nSPS) is 11.1. The average molecular weight is 914 g/mol. The van der Waals surface area contributed by atoms with Gasteiger partial charge in [0, 0.05) is 17.9 Å². The third-order valence-electron chi connectivity index (χ3n) is 10.9. The summed E-state index contributed by atoms with van der Waals surface area (Å²) in [5.41, 5.74) is 0. The molecular formula is C54H99GaO6. The maximum absolute atomic E-state index is 10.2. The van der Waals surface area contributed by atoms with Crippen molar-refractivity contribution < 1.29 is 29.7 Å². The van der Waals surface area contributed by atoms with Crippen LogP contribution in [0, 0.1) is 0 Å². The Balaban J connectivity index is -0.000000396. The van der Waals surface area contributed by atoms with Gasteiger partial charge in [-0.05, 0) is 116 Å². The first-order chi connectivity index (χ1) is 29.3. The summed E-state index contributed by atoms with van der Waals surface area (Å²) in [4.78, 5) is 30.6. The number of carbonyl (C=O) groups excluding carboxylic acids is 3. The molecule has 61 heavy (non-hydrogen) atoms. The Kier molecular flexibility index (Phi) is 67.6. The number of rotatable bonds is 45. The molecule has 0 atom stereocenters. The number of hydrogen-bond donors (Lipinski definition) is 0. The number of carboxylic acids is 3. The summed E-state index contributed by atoms with van der Waals surface area (Å²) in [5, 5.41) is 30.6. The fourth-order valence-corrected chi connectivity index (χ4v) is 7.02. The molecule has 0 aliphatic heterocycles. The van der Waals surface area contributed by atoms with Crippen molar-refractivity contribution in [2.45, 2.75) is 290 Å². The smallest absolute Gasteiger partial charge is 0.550 e. The van der Waals surface area contributed by atoms with Gasteiger partial charge in [-0.25, -0.2) is 0 Å². The van der Waals surface area contributed by atoms with Crippen molar-refractivity contribution in [3.63, 3.8) is 0 Å². The van der Waals surface area contributed by atoms with Crippen molar-refractivity contribution in [3.8, 4) is 0 Å². The molecule has 0 aliphatic carbocycles. The minimum Gasteiger partial charge on any atom is -0.550 e. The van der Waals surface area contributed by atoms with E-state index in [0.29, 0.717) is 0 Å². The molecule has 0 saturated carbocycles. The van der Waals surface area contributed by atoms with E-state index in [1.54, 1.807) is 0 Å². The van der Waals surface area contributed by atoms with Crippen LogP contribution in [0.4, 0.5) is 0 Å². The predicted molar refractivity (Wildman–Crippen MR) is 259 cm³/mol. The van der Waals surface area contributed by atoms with Crippen LogP contribution in [0.5, 0.6) is 0 Å². The molecule has 0 fully saturated rings. The molecule has 0 N–H and O–H groups in total. The van der Waals surface area contributed by atoms with E-state index in [0.717, 1.165) is 38.5 Å². The van der Waals surface area contributed by atoms with Crippen molar-refractivity contribution in [3.05, 3.63) is 36.5 Å². The van der Waals surface area contributed by atoms with E-state index in [2.05, 4.69) is 57.2 Å². The molecule has 0 saturated heterocycles. The molecule has 0 aliphatic rings. The first kappa shape index (κ1) is 65.9. The summed E-state index contributed by atoms with van der Waals surface area (Å²) < 4.78 is 0. The van der Waals surface area contributed by atoms with Crippen LogP contribution in [0.25, 0.3) is 0 Å². The van der Waals surface area contributed by atoms with Gasteiger partial charge in [-0.3, -0.25) is 0 Å². The molecule has 0 heterocycles. The molecule has 354 valence electrons. The molecule has 6 nitrogen and oxygen atoms in total. The van der Waals surface area contributed by atoms with Gasteiger partial charge in [0.15, 0.2) is 0 Å². The predicted octanol–water partition coefficient (Wildman–Crippen LogP) is 13.9. The summed E-state index contributed by atoms with van der Waals surface area (Å²) in [5.74, 6) is -2.73. The number of unbranched alkanes of at least 4 members (excludes halogenated alkanes) is 33. The molecule has 0 unspecified atom stereocenters. The molecular weight excluding hydrogens is 814 g/mol. The topological polar surface area (TPSA) is 120 Å². The SMILES string of the molecule is CCCCCC/C=C\CCCCCCCCCC(=O)[O-].CCCCCC/C=C\CCCCCCCCCC(=O)[O-].CCCCCC/C=C\CCCCCCCCCC(=O)[O-].[Ga+3]. The Morgan fingerprint density at radius 2 is 0.410 bits per heavy atom. The third-order valence-corrected chi connectivity index (χ3v) is 10.9. The molecule has 0 aromatic carbocycles. The fraction of sp³-hybridized carbons (Fsp3) is 0.833. The number of hydrogen-bond acceptors (Lipinski definition) is 6. The van der Waals surface area contributed by atoms with Crippen molar-refractivity contribution in [2.75, 3.05) is 0 Å². The Morgan fingerprint density at radius 3 is 0.574 bits per heavy atom. The summed E-state index contributed by atoms with van der Waals surface area (Å²) >= 11 is 0. The fourth-order valence-electron chi connectivity index (χ4n) is 7.02. The standard InChI is InChI=1S/3C18H34O2.Ga/c3*1-2-3-4-5-6-7-8-9-10-11-12-13-14-15-16-17-18(19)20;/h3*7-8H,2-6,9-17H2,1H3,(H,19,20);/q;;;+3/p-3/b3*8-7-;. The molecule has 0 aromatic heterocycles. The van der Waals surface area contributed by atoms with Gasteiger partial charge < -0.3 is 29.7 Å². The van der Waals surface area contributed by atoms with Crippen LogP contribution >= 0.6 is 0 Å². The zero-order valence-corrected chi connectivity index (χ0v) is 43.1. The van der Waals surface area contributed by atoms with Gasteiger partial charge in [0.25, 0.3) is 0 Å². The summed E-state index contributed by atoms with van der Waals surface area (Å²) in [6.07, 6.45) is 62.7. The number of carbonyl (C=O) groups is 3. The minimum absolute atomic E-state index is 0. The van der Waals surface area contributed by atoms with Gasteiger partial charge in [0.1, 0.15) is 0 Å². The molecule has 0 bridgehead atoms. The van der Waals surface area contributed by atoms with Gasteiger partial charge in [0.05, 0.1) is 0 Å². The van der Waals surface area contributed by atoms with E-state index in [1.165, 1.54) is 212 Å². The number of carboxylic acid groups (broad SMARTS) is 3. The number of allylic oxidation sites excluding steroid dienone is 6. The zero-order valence-electron chi connectivity index (χ0n) is 40.7. The van der Waals surface area contributed by atoms with Crippen LogP contribution in [0.3, 0.4) is 0 Å². The second-order valence-corrected chi connectivity index (χ2v) is 17.1. The molecule has 0 aromatic rings. The van der Waals surface area contributed by atoms with E-state index < -0.39 is 17.9 Å². The molecule has 0 radical (unpaired) electrons. The van der Waals surface area contributed by atoms with Gasteiger partial charge in [-0.15, -0.1) is 0 Å². The van der Waals surface area contributed by atoms with Gasteiger partial charge in [-0.2, -0.15) is 0 Å². The van der Waals surface area contributed by atoms with E-state index in [4.69, 9.17) is 0 Å². The summed E-state index contributed by atoms with van der Waals surface area (Å²) in [6, 6.07) is 0. The average Bonchev–Trinajstić information content (AvgIpc) is 3.22. The maximum atomic E-state index is 10.2. The summed E-state index contributed by atoms with van der Waals surface area (Å²) in [6.45, 7) is 6.75. The van der Waals surface area contributed by atoms with E-state index in [9.17, 15) is 29.7 Å². The van der Waals surface area contributed by atoms with Crippen LogP contribution in [-0.2, 0) is 14.4 Å². The van der Waals surface area contributed by atoms with Crippen molar-refractivity contribution in [1.82, 2.24) is 0 Å². The van der Waals surface area contributed by atoms with E-state index in [-0.39, 0.29) is 39.1 Å². The number of aliphatic carboxylic acids is 3. The van der Waals surface area contributed by atoms with E-state index >= 15 is 0 Å². The second-order valence-electron chi connectivity index (χ2n) is 17.1. The molecule has 0 amide bonds. The Hall–Kier alpha value is -1.73. The van der Waals surface area contributed by atoms with Crippen molar-refractivity contribution in [1.29, 1.82) is 0 Å². The van der Waals surface area contributed by atoms with Gasteiger partial charge >= 0.3 is 19.8 Å². The second kappa shape index (κ2) is 62.6. The van der Waals surface area contributed by atoms with Crippen LogP contribution < -0.4 is 15.3 Å². The van der Waals surface area contributed by atoms with Crippen LogP contribution in [-0.4, -0.2) is 37.7 Å². The maximum Gasteiger partial charge on any atom is 3.00 e. The Bertz CT molecular complexity index is 827. The zero-order chi connectivity index (χ0) is 44.7. The molecule has 7 heteroatoms. The quantitative estimate of drug-likeness (QED) is 0.0341. The monoisotopic (exact) mass is 913 g/mol. The molecule has 0 spiro atoms. The first-order valence-corrected chi connectivity index (χ1v) is 25.9.